The Morgan fingerprint density at radius 1 is 1.32 bits per heavy atom. The highest BCUT2D eigenvalue weighted by Crippen LogP contribution is 2.44. The van der Waals surface area contributed by atoms with Crippen molar-refractivity contribution >= 4 is 50.8 Å². The van der Waals surface area contributed by atoms with Crippen LogP contribution in [0.15, 0.2) is 23.6 Å². The van der Waals surface area contributed by atoms with Crippen LogP contribution in [0.5, 0.6) is 0 Å². The molecule has 0 fully saturated rings. The van der Waals surface area contributed by atoms with Gasteiger partial charge in [-0.15, -0.1) is 22.7 Å². The second kappa shape index (κ2) is 9.11. The van der Waals surface area contributed by atoms with Crippen molar-refractivity contribution in [1.82, 2.24) is 14.6 Å². The molecule has 0 saturated carbocycles. The van der Waals surface area contributed by atoms with Crippen LogP contribution >= 0.6 is 34.3 Å². The number of amides is 1. The number of alkyl halides is 3. The van der Waals surface area contributed by atoms with E-state index in [1.807, 2.05) is 0 Å². The normalized spacial score (nSPS) is 16.0. The number of nitrogens with one attached hydrogen (secondary N) is 1. The zero-order valence-corrected chi connectivity index (χ0v) is 22.4. The van der Waals surface area contributed by atoms with Crippen molar-refractivity contribution in [3.05, 3.63) is 56.0 Å². The maximum atomic E-state index is 13.9. The molecule has 0 aliphatic heterocycles. The third kappa shape index (κ3) is 4.62. The molecule has 37 heavy (non-hydrogen) atoms. The minimum Gasteiger partial charge on any atom is -0.311 e. The quantitative estimate of drug-likeness (QED) is 0.280. The Morgan fingerprint density at radius 2 is 2.08 bits per heavy atom. The minimum absolute atomic E-state index is 0.0784. The van der Waals surface area contributed by atoms with Crippen molar-refractivity contribution in [1.29, 1.82) is 5.26 Å². The molecule has 0 unspecified atom stereocenters. The summed E-state index contributed by atoms with van der Waals surface area (Å²) in [4.78, 5) is 19.0. The highest BCUT2D eigenvalue weighted by Gasteiger charge is 2.37. The fraction of sp³-hybridized carbons (Fsp3) is 0.360. The van der Waals surface area contributed by atoms with Crippen LogP contribution in [0.2, 0.25) is 5.02 Å². The van der Waals surface area contributed by atoms with Crippen LogP contribution in [-0.4, -0.2) is 20.5 Å². The van der Waals surface area contributed by atoms with E-state index in [9.17, 15) is 23.2 Å². The molecule has 0 spiro atoms. The first-order valence-corrected chi connectivity index (χ1v) is 13.5. The third-order valence-electron chi connectivity index (χ3n) is 6.64. The average Bonchev–Trinajstić information content (AvgIpc) is 3.54. The first kappa shape index (κ1) is 25.7. The summed E-state index contributed by atoms with van der Waals surface area (Å²) in [6.07, 6.45) is -2.30. The van der Waals surface area contributed by atoms with E-state index in [-0.39, 0.29) is 21.8 Å². The lowest BCUT2D eigenvalue weighted by atomic mass is 9.72. The Kier molecular flexibility index (Phi) is 6.33. The lowest BCUT2D eigenvalue weighted by Crippen LogP contribution is -2.26. The van der Waals surface area contributed by atoms with Gasteiger partial charge in [0.25, 0.3) is 5.91 Å². The fourth-order valence-corrected chi connectivity index (χ4v) is 6.79. The van der Waals surface area contributed by atoms with Crippen LogP contribution in [0.3, 0.4) is 0 Å². The molecule has 4 heterocycles. The number of hydrogen-bond donors (Lipinski definition) is 1. The molecule has 5 rings (SSSR count). The average molecular weight is 564 g/mol. The van der Waals surface area contributed by atoms with Gasteiger partial charge in [0.2, 0.25) is 0 Å². The molecule has 1 atom stereocenters. The molecular formula is C25H21ClF3N5OS2. The van der Waals surface area contributed by atoms with E-state index in [0.29, 0.717) is 25.9 Å². The topological polar surface area (TPSA) is 83.1 Å². The van der Waals surface area contributed by atoms with Gasteiger partial charge in [0.05, 0.1) is 16.1 Å². The molecule has 4 aromatic rings. The number of carbonyl (C=O) groups is 1. The molecule has 6 nitrogen and oxygen atoms in total. The maximum absolute atomic E-state index is 13.9. The molecule has 1 aliphatic carbocycles. The summed E-state index contributed by atoms with van der Waals surface area (Å²) < 4.78 is 42.3. The predicted octanol–water partition coefficient (Wildman–Crippen LogP) is 7.47. The molecule has 1 amide bonds. The molecule has 4 aromatic heterocycles. The van der Waals surface area contributed by atoms with Crippen LogP contribution in [0.4, 0.5) is 18.2 Å². The van der Waals surface area contributed by atoms with E-state index in [4.69, 9.17) is 11.6 Å². The van der Waals surface area contributed by atoms with E-state index in [1.54, 1.807) is 17.5 Å². The highest BCUT2D eigenvalue weighted by molar-refractivity contribution is 7.16. The van der Waals surface area contributed by atoms with Crippen LogP contribution in [0, 0.1) is 22.7 Å². The van der Waals surface area contributed by atoms with Crippen LogP contribution in [-0.2, 0) is 19.0 Å². The summed E-state index contributed by atoms with van der Waals surface area (Å²) in [5, 5.41) is 18.2. The summed E-state index contributed by atoms with van der Waals surface area (Å²) in [5.41, 5.74) is -0.280. The van der Waals surface area contributed by atoms with Crippen molar-refractivity contribution in [3.8, 4) is 16.6 Å². The molecule has 12 heteroatoms. The summed E-state index contributed by atoms with van der Waals surface area (Å²) >= 11 is 8.94. The van der Waals surface area contributed by atoms with Gasteiger partial charge in [-0.3, -0.25) is 4.79 Å². The Morgan fingerprint density at radius 3 is 2.70 bits per heavy atom. The Labute approximate surface area is 223 Å². The monoisotopic (exact) mass is 563 g/mol. The molecule has 0 aromatic carbocycles. The van der Waals surface area contributed by atoms with E-state index in [1.165, 1.54) is 22.7 Å². The van der Waals surface area contributed by atoms with Gasteiger partial charge in [0.1, 0.15) is 16.1 Å². The van der Waals surface area contributed by atoms with E-state index in [2.05, 4.69) is 42.2 Å². The number of nitriles is 1. The highest BCUT2D eigenvalue weighted by atomic mass is 35.5. The van der Waals surface area contributed by atoms with E-state index in [0.717, 1.165) is 35.8 Å². The molecule has 0 radical (unpaired) electrons. The largest absolute Gasteiger partial charge is 0.433 e. The zero-order valence-electron chi connectivity index (χ0n) is 20.0. The van der Waals surface area contributed by atoms with Gasteiger partial charge in [-0.1, -0.05) is 38.4 Å². The molecular weight excluding hydrogens is 543 g/mol. The number of fused-ring (bicyclic) bond motifs is 2. The number of carbonyl (C=O) groups excluding carboxylic acids is 1. The predicted molar refractivity (Wildman–Crippen MR) is 138 cm³/mol. The van der Waals surface area contributed by atoms with Crippen molar-refractivity contribution in [2.24, 2.45) is 11.3 Å². The summed E-state index contributed by atoms with van der Waals surface area (Å²) in [6, 6.07) is 6.42. The van der Waals surface area contributed by atoms with Crippen molar-refractivity contribution in [3.63, 3.8) is 0 Å². The second-order valence-electron chi connectivity index (χ2n) is 9.98. The van der Waals surface area contributed by atoms with Gasteiger partial charge in [-0.05, 0) is 53.7 Å². The molecule has 0 saturated heterocycles. The van der Waals surface area contributed by atoms with E-state index < -0.39 is 23.5 Å². The Balaban J connectivity index is 1.54. The zero-order chi connectivity index (χ0) is 26.7. The first-order chi connectivity index (χ1) is 17.4. The van der Waals surface area contributed by atoms with Crippen molar-refractivity contribution in [2.45, 2.75) is 46.2 Å². The molecule has 1 aliphatic rings. The SMILES string of the molecule is CC(C)(C)[C@@H]1CCc2c(sc(NC(=O)c3nn4c(C(F)(F)F)cc(-c5cccs5)nc4c3Cl)c2C#N)C1. The standard InChI is InChI=1S/C25H21ClF3N5OS2/c1-24(2,3)12-6-7-13-14(11-30)23(37-17(13)9-12)32-22(35)20-19(26)21-31-15(16-5-4-8-36-16)10-18(25(27,28)29)34(21)33-20/h4-5,8,10,12H,6-7,9H2,1-3H3,(H,32,35)/t12-/m1/s1. The van der Waals surface area contributed by atoms with Crippen molar-refractivity contribution in [2.75, 3.05) is 5.32 Å². The minimum atomic E-state index is -4.76. The van der Waals surface area contributed by atoms with Crippen LogP contribution in [0.25, 0.3) is 16.2 Å². The number of hydrogen-bond acceptors (Lipinski definition) is 6. The van der Waals surface area contributed by atoms with E-state index >= 15 is 0 Å². The number of halogens is 4. The molecule has 1 N–H and O–H groups in total. The smallest absolute Gasteiger partial charge is 0.311 e. The lowest BCUT2D eigenvalue weighted by molar-refractivity contribution is -0.142. The van der Waals surface area contributed by atoms with Gasteiger partial charge >= 0.3 is 6.18 Å². The van der Waals surface area contributed by atoms with Crippen LogP contribution < -0.4 is 5.32 Å². The number of aromatic nitrogens is 3. The van der Waals surface area contributed by atoms with Crippen LogP contribution in [0.1, 0.15) is 59.4 Å². The second-order valence-corrected chi connectivity index (χ2v) is 12.4. The van der Waals surface area contributed by atoms with Gasteiger partial charge in [-0.2, -0.15) is 23.5 Å². The molecule has 192 valence electrons. The maximum Gasteiger partial charge on any atom is 0.433 e. The van der Waals surface area contributed by atoms with Gasteiger partial charge in [-0.25, -0.2) is 9.50 Å². The summed E-state index contributed by atoms with van der Waals surface area (Å²) in [5.74, 6) is -0.366. The van der Waals surface area contributed by atoms with Gasteiger partial charge in [0, 0.05) is 4.88 Å². The third-order valence-corrected chi connectivity index (χ3v) is 9.05. The lowest BCUT2D eigenvalue weighted by Gasteiger charge is -2.33. The molecule has 0 bridgehead atoms. The Bertz CT molecular complexity index is 1560. The van der Waals surface area contributed by atoms with Crippen molar-refractivity contribution < 1.29 is 18.0 Å². The van der Waals surface area contributed by atoms with Gasteiger partial charge < -0.3 is 5.32 Å². The number of nitrogens with zero attached hydrogens (tertiary/aromatic N) is 4. The Hall–Kier alpha value is -2.94. The fourth-order valence-electron chi connectivity index (χ4n) is 4.58. The first-order valence-electron chi connectivity index (χ1n) is 11.4. The number of anilines is 1. The summed E-state index contributed by atoms with van der Waals surface area (Å²) in [7, 11) is 0. The summed E-state index contributed by atoms with van der Waals surface area (Å²) in [6.45, 7) is 6.55. The van der Waals surface area contributed by atoms with Gasteiger partial charge in [0.15, 0.2) is 17.0 Å². The number of rotatable bonds is 3. The number of thiophene rings is 2.